The van der Waals surface area contributed by atoms with Gasteiger partial charge in [0, 0.05) is 25.2 Å². The van der Waals surface area contributed by atoms with E-state index in [4.69, 9.17) is 0 Å². The molecule has 6 heteroatoms. The molecule has 1 aromatic rings. The van der Waals surface area contributed by atoms with Crippen molar-refractivity contribution in [3.63, 3.8) is 0 Å². The van der Waals surface area contributed by atoms with Crippen molar-refractivity contribution in [1.29, 1.82) is 0 Å². The maximum Gasteiger partial charge on any atom is 0.417 e. The number of pyridine rings is 1. The van der Waals surface area contributed by atoms with E-state index in [0.29, 0.717) is 0 Å². The fraction of sp³-hybridized carbons (Fsp3) is 0.400. The van der Waals surface area contributed by atoms with E-state index in [1.165, 1.54) is 6.92 Å². The third-order valence-corrected chi connectivity index (χ3v) is 2.02. The van der Waals surface area contributed by atoms with Gasteiger partial charge in [0.2, 0.25) is 0 Å². The molecule has 0 radical (unpaired) electrons. The number of aryl methyl sites for hydroxylation is 1. The summed E-state index contributed by atoms with van der Waals surface area (Å²) in [6.45, 7) is 1.29. The predicted octanol–water partition coefficient (Wildman–Crippen LogP) is 1.85. The van der Waals surface area contributed by atoms with Crippen LogP contribution < -0.4 is 5.56 Å². The van der Waals surface area contributed by atoms with E-state index in [1.54, 1.807) is 0 Å². The Labute approximate surface area is 89.5 Å². The van der Waals surface area contributed by atoms with Crippen LogP contribution in [0.5, 0.6) is 0 Å². The SMILES string of the molecule is CC(=O)CCn1cc(C(F)(F)F)ccc1=O. The number of hydrogen-bond acceptors (Lipinski definition) is 2. The van der Waals surface area contributed by atoms with Crippen LogP contribution in [0.4, 0.5) is 13.2 Å². The van der Waals surface area contributed by atoms with E-state index in [2.05, 4.69) is 0 Å². The van der Waals surface area contributed by atoms with E-state index in [-0.39, 0.29) is 18.7 Å². The number of rotatable bonds is 3. The molecule has 1 rings (SSSR count). The minimum absolute atomic E-state index is 0.0297. The van der Waals surface area contributed by atoms with Crippen molar-refractivity contribution in [2.45, 2.75) is 26.1 Å². The first-order chi connectivity index (χ1) is 7.30. The zero-order valence-electron chi connectivity index (χ0n) is 8.54. The summed E-state index contributed by atoms with van der Waals surface area (Å²) in [4.78, 5) is 21.9. The van der Waals surface area contributed by atoms with E-state index < -0.39 is 17.3 Å². The van der Waals surface area contributed by atoms with Crippen LogP contribution in [0.25, 0.3) is 0 Å². The number of Topliss-reactive ketones (excluding diaryl/α,β-unsaturated/α-hetero) is 1. The van der Waals surface area contributed by atoms with Crippen LogP contribution >= 0.6 is 0 Å². The van der Waals surface area contributed by atoms with E-state index in [9.17, 15) is 22.8 Å². The Morgan fingerprint density at radius 3 is 2.50 bits per heavy atom. The van der Waals surface area contributed by atoms with Crippen molar-refractivity contribution in [3.05, 3.63) is 34.2 Å². The molecule has 0 bridgehead atoms. The maximum absolute atomic E-state index is 12.3. The van der Waals surface area contributed by atoms with E-state index in [1.807, 2.05) is 0 Å². The molecule has 0 atom stereocenters. The van der Waals surface area contributed by atoms with E-state index in [0.717, 1.165) is 22.9 Å². The summed E-state index contributed by atoms with van der Waals surface area (Å²) in [5, 5.41) is 0. The van der Waals surface area contributed by atoms with Crippen molar-refractivity contribution in [1.82, 2.24) is 4.57 Å². The summed E-state index contributed by atoms with van der Waals surface area (Å²) in [6.07, 6.45) is -3.71. The lowest BCUT2D eigenvalue weighted by Crippen LogP contribution is -2.22. The van der Waals surface area contributed by atoms with Gasteiger partial charge in [-0.1, -0.05) is 0 Å². The summed E-state index contributed by atoms with van der Waals surface area (Å²) in [5.74, 6) is -0.177. The van der Waals surface area contributed by atoms with Gasteiger partial charge >= 0.3 is 6.18 Å². The second kappa shape index (κ2) is 4.51. The molecule has 0 amide bonds. The lowest BCUT2D eigenvalue weighted by molar-refractivity contribution is -0.138. The first-order valence-corrected chi connectivity index (χ1v) is 4.58. The minimum Gasteiger partial charge on any atom is -0.314 e. The van der Waals surface area contributed by atoms with Crippen LogP contribution in [0, 0.1) is 0 Å². The molecule has 0 spiro atoms. The molecule has 0 saturated carbocycles. The summed E-state index contributed by atoms with van der Waals surface area (Å²) in [6, 6.07) is 1.58. The van der Waals surface area contributed by atoms with Crippen LogP contribution in [0.1, 0.15) is 18.9 Å². The van der Waals surface area contributed by atoms with Gasteiger partial charge in [0.15, 0.2) is 0 Å². The number of halogens is 3. The molecule has 16 heavy (non-hydrogen) atoms. The van der Waals surface area contributed by atoms with Crippen LogP contribution in [0.15, 0.2) is 23.1 Å². The number of alkyl halides is 3. The minimum atomic E-state index is -4.48. The standard InChI is InChI=1S/C10H10F3NO2/c1-7(15)4-5-14-6-8(10(11,12)13)2-3-9(14)16/h2-3,6H,4-5H2,1H3. The summed E-state index contributed by atoms with van der Waals surface area (Å²) < 4.78 is 37.8. The Morgan fingerprint density at radius 1 is 1.38 bits per heavy atom. The van der Waals surface area contributed by atoms with Gasteiger partial charge in [-0.3, -0.25) is 9.59 Å². The number of nitrogens with zero attached hydrogens (tertiary/aromatic N) is 1. The smallest absolute Gasteiger partial charge is 0.314 e. The lowest BCUT2D eigenvalue weighted by atomic mass is 10.2. The molecule has 0 aliphatic carbocycles. The summed E-state index contributed by atoms with van der Waals surface area (Å²) >= 11 is 0. The third-order valence-electron chi connectivity index (χ3n) is 2.02. The normalized spacial score (nSPS) is 11.5. The highest BCUT2D eigenvalue weighted by atomic mass is 19.4. The number of carbonyl (C=O) groups is 1. The van der Waals surface area contributed by atoms with Gasteiger partial charge in [-0.2, -0.15) is 13.2 Å². The Balaban J connectivity index is 3.00. The average Bonchev–Trinajstić information content (AvgIpc) is 2.14. The number of aromatic nitrogens is 1. The van der Waals surface area contributed by atoms with Crippen LogP contribution in [-0.4, -0.2) is 10.4 Å². The van der Waals surface area contributed by atoms with Gasteiger partial charge in [0.25, 0.3) is 5.56 Å². The first-order valence-electron chi connectivity index (χ1n) is 4.58. The van der Waals surface area contributed by atoms with Gasteiger partial charge < -0.3 is 4.57 Å². The number of hydrogen-bond donors (Lipinski definition) is 0. The largest absolute Gasteiger partial charge is 0.417 e. The molecule has 0 aromatic carbocycles. The second-order valence-corrected chi connectivity index (χ2v) is 3.40. The predicted molar refractivity (Wildman–Crippen MR) is 51.0 cm³/mol. The average molecular weight is 233 g/mol. The van der Waals surface area contributed by atoms with Crippen LogP contribution in [0.3, 0.4) is 0 Å². The van der Waals surface area contributed by atoms with Gasteiger partial charge in [-0.05, 0) is 13.0 Å². The van der Waals surface area contributed by atoms with Gasteiger partial charge in [0.1, 0.15) is 5.78 Å². The van der Waals surface area contributed by atoms with Gasteiger partial charge in [-0.25, -0.2) is 0 Å². The molecule has 88 valence electrons. The summed E-state index contributed by atoms with van der Waals surface area (Å²) in [5.41, 5.74) is -1.44. The molecule has 0 saturated heterocycles. The molecular weight excluding hydrogens is 223 g/mol. The lowest BCUT2D eigenvalue weighted by Gasteiger charge is -2.09. The van der Waals surface area contributed by atoms with E-state index >= 15 is 0 Å². The fourth-order valence-electron chi connectivity index (χ4n) is 1.15. The Hall–Kier alpha value is -1.59. The molecule has 0 fully saturated rings. The Kier molecular flexibility index (Phi) is 3.51. The molecular formula is C10H10F3NO2. The molecule has 1 heterocycles. The Bertz CT molecular complexity index is 448. The molecule has 0 N–H and O–H groups in total. The number of carbonyl (C=O) groups excluding carboxylic acids is 1. The van der Waals surface area contributed by atoms with Crippen molar-refractivity contribution in [2.75, 3.05) is 0 Å². The summed E-state index contributed by atoms with van der Waals surface area (Å²) in [7, 11) is 0. The molecule has 1 aromatic heterocycles. The molecule has 0 aliphatic rings. The monoisotopic (exact) mass is 233 g/mol. The maximum atomic E-state index is 12.3. The topological polar surface area (TPSA) is 39.1 Å². The van der Waals surface area contributed by atoms with Crippen LogP contribution in [0.2, 0.25) is 0 Å². The highest BCUT2D eigenvalue weighted by molar-refractivity contribution is 5.75. The van der Waals surface area contributed by atoms with Crippen molar-refractivity contribution in [3.8, 4) is 0 Å². The fourth-order valence-corrected chi connectivity index (χ4v) is 1.15. The highest BCUT2D eigenvalue weighted by Gasteiger charge is 2.30. The molecule has 3 nitrogen and oxygen atoms in total. The third kappa shape index (κ3) is 3.22. The highest BCUT2D eigenvalue weighted by Crippen LogP contribution is 2.27. The zero-order valence-corrected chi connectivity index (χ0v) is 8.54. The van der Waals surface area contributed by atoms with Crippen molar-refractivity contribution in [2.24, 2.45) is 0 Å². The zero-order chi connectivity index (χ0) is 12.3. The van der Waals surface area contributed by atoms with Gasteiger partial charge in [-0.15, -0.1) is 0 Å². The quantitative estimate of drug-likeness (QED) is 0.799. The van der Waals surface area contributed by atoms with Crippen molar-refractivity contribution < 1.29 is 18.0 Å². The number of ketones is 1. The van der Waals surface area contributed by atoms with Gasteiger partial charge in [0.05, 0.1) is 5.56 Å². The first kappa shape index (κ1) is 12.5. The second-order valence-electron chi connectivity index (χ2n) is 3.40. The Morgan fingerprint density at radius 2 is 2.00 bits per heavy atom. The molecule has 0 aliphatic heterocycles. The van der Waals surface area contributed by atoms with Crippen molar-refractivity contribution >= 4 is 5.78 Å². The van der Waals surface area contributed by atoms with Crippen LogP contribution in [-0.2, 0) is 17.5 Å². The molecule has 0 unspecified atom stereocenters.